The van der Waals surface area contributed by atoms with E-state index in [-0.39, 0.29) is 35.4 Å². The number of halogens is 3. The zero-order chi connectivity index (χ0) is 30.4. The normalized spacial score (nSPS) is 26.7. The van der Waals surface area contributed by atoms with Gasteiger partial charge in [0, 0.05) is 25.1 Å². The number of benzene rings is 1. The van der Waals surface area contributed by atoms with E-state index >= 15 is 0 Å². The second-order valence-electron chi connectivity index (χ2n) is 11.0. The van der Waals surface area contributed by atoms with Crippen LogP contribution in [-0.2, 0) is 20.9 Å². The molecular weight excluding hydrogens is 563 g/mol. The number of fused-ring (bicyclic) bond motifs is 4. The number of rotatable bonds is 4. The first-order valence-corrected chi connectivity index (χ1v) is 13.3. The van der Waals surface area contributed by atoms with Gasteiger partial charge < -0.3 is 20.2 Å². The van der Waals surface area contributed by atoms with Crippen molar-refractivity contribution >= 4 is 29.6 Å². The van der Waals surface area contributed by atoms with Crippen LogP contribution in [0, 0.1) is 5.92 Å². The largest absolute Gasteiger partial charge is 0.490 e. The van der Waals surface area contributed by atoms with Crippen LogP contribution < -0.4 is 10.6 Å². The van der Waals surface area contributed by atoms with Gasteiger partial charge in [-0.2, -0.15) is 13.2 Å². The van der Waals surface area contributed by atoms with Gasteiger partial charge in [-0.25, -0.2) is 9.48 Å². The molecule has 42 heavy (non-hydrogen) atoms. The fraction of sp³-hybridized carbons (Fsp3) is 0.500. The molecular formula is C26H28F3N7O6. The number of hydrogen-bond donors (Lipinski definition) is 3. The summed E-state index contributed by atoms with van der Waals surface area (Å²) in [7, 11) is 0. The lowest BCUT2D eigenvalue weighted by molar-refractivity contribution is -0.192. The Morgan fingerprint density at radius 2 is 1.83 bits per heavy atom. The lowest BCUT2D eigenvalue weighted by Crippen LogP contribution is -2.65. The summed E-state index contributed by atoms with van der Waals surface area (Å²) in [5, 5.41) is 20.8. The van der Waals surface area contributed by atoms with Crippen molar-refractivity contribution in [3.63, 3.8) is 0 Å². The molecule has 6 heterocycles. The highest BCUT2D eigenvalue weighted by Gasteiger charge is 2.44. The molecule has 1 aromatic heterocycles. The molecule has 2 bridgehead atoms. The lowest BCUT2D eigenvalue weighted by Gasteiger charge is -2.51. The van der Waals surface area contributed by atoms with Gasteiger partial charge in [-0.15, -0.1) is 5.10 Å². The highest BCUT2D eigenvalue weighted by Crippen LogP contribution is 2.35. The van der Waals surface area contributed by atoms with Crippen LogP contribution >= 0.6 is 0 Å². The minimum absolute atomic E-state index is 0.212. The van der Waals surface area contributed by atoms with Crippen molar-refractivity contribution in [3.8, 4) is 5.69 Å². The molecule has 5 aliphatic rings. The van der Waals surface area contributed by atoms with E-state index in [9.17, 15) is 32.3 Å². The molecule has 1 aromatic carbocycles. The Labute approximate surface area is 237 Å². The molecule has 16 heteroatoms. The highest BCUT2D eigenvalue weighted by atomic mass is 19.4. The molecule has 0 spiro atoms. The standard InChI is InChI=1S/C24H27N7O4.C2HF3O2/c1-24(13-29-8-6-15(24)7-9-29)26-21(33)18-12-31(28-27-18)16-3-2-14-11-30(23(35)17(14)10-16)19-4-5-20(32)25-22(19)34;3-2(4,5)1(6)7/h2-3,10,12,15,19H,4-9,11,13H2,1H3,(H,26,33)(H,25,32,34);(H,6,7). The zero-order valence-corrected chi connectivity index (χ0v) is 22.5. The third-order valence-electron chi connectivity index (χ3n) is 8.18. The summed E-state index contributed by atoms with van der Waals surface area (Å²) in [6, 6.07) is 4.68. The first-order valence-electron chi connectivity index (χ1n) is 13.3. The monoisotopic (exact) mass is 591 g/mol. The lowest BCUT2D eigenvalue weighted by atomic mass is 9.74. The molecule has 224 valence electrons. The third-order valence-corrected chi connectivity index (χ3v) is 8.18. The number of carbonyl (C=O) groups is 5. The molecule has 4 saturated heterocycles. The van der Waals surface area contributed by atoms with Gasteiger partial charge in [0.25, 0.3) is 11.8 Å². The van der Waals surface area contributed by atoms with Gasteiger partial charge >= 0.3 is 12.1 Å². The number of carboxylic acids is 1. The number of piperidine rings is 4. The summed E-state index contributed by atoms with van der Waals surface area (Å²) in [6.45, 7) is 5.43. The number of imide groups is 1. The van der Waals surface area contributed by atoms with Gasteiger partial charge in [-0.05, 0) is 62.9 Å². The van der Waals surface area contributed by atoms with Crippen LogP contribution in [0.25, 0.3) is 5.69 Å². The van der Waals surface area contributed by atoms with Gasteiger partial charge in [0.05, 0.1) is 17.4 Å². The smallest absolute Gasteiger partial charge is 0.475 e. The Balaban J connectivity index is 0.000000451. The maximum atomic E-state index is 13.1. The summed E-state index contributed by atoms with van der Waals surface area (Å²) in [6.07, 6.45) is -0.816. The second-order valence-corrected chi connectivity index (χ2v) is 11.0. The first-order chi connectivity index (χ1) is 19.7. The number of nitrogens with one attached hydrogen (secondary N) is 2. The minimum Gasteiger partial charge on any atom is -0.475 e. The van der Waals surface area contributed by atoms with Crippen LogP contribution in [0.4, 0.5) is 13.2 Å². The van der Waals surface area contributed by atoms with E-state index in [0.717, 1.165) is 38.0 Å². The van der Waals surface area contributed by atoms with E-state index in [1.54, 1.807) is 12.3 Å². The number of nitrogens with zero attached hydrogens (tertiary/aromatic N) is 5. The van der Waals surface area contributed by atoms with E-state index in [1.807, 2.05) is 12.1 Å². The number of alkyl halides is 3. The number of aromatic nitrogens is 3. The third kappa shape index (κ3) is 5.70. The van der Waals surface area contributed by atoms with E-state index in [1.165, 1.54) is 9.58 Å². The number of hydrogen-bond acceptors (Lipinski definition) is 8. The Morgan fingerprint density at radius 1 is 1.14 bits per heavy atom. The van der Waals surface area contributed by atoms with Crippen LogP contribution in [0.2, 0.25) is 0 Å². The fourth-order valence-electron chi connectivity index (χ4n) is 5.97. The molecule has 0 saturated carbocycles. The zero-order valence-electron chi connectivity index (χ0n) is 22.5. The molecule has 2 aromatic rings. The topological polar surface area (TPSA) is 167 Å². The highest BCUT2D eigenvalue weighted by molar-refractivity contribution is 6.05. The average Bonchev–Trinajstić information content (AvgIpc) is 3.54. The average molecular weight is 592 g/mol. The molecule has 0 aliphatic carbocycles. The SMILES string of the molecule is CC1(NC(=O)c2cn(-c3ccc4c(c3)C(=O)N(C3CCC(=O)NC3=O)C4)nn2)CN2CCC1CC2.O=C(O)C(F)(F)F. The minimum atomic E-state index is -5.08. The summed E-state index contributed by atoms with van der Waals surface area (Å²) in [5.74, 6) is -3.56. The quantitative estimate of drug-likeness (QED) is 0.438. The second kappa shape index (κ2) is 10.8. The van der Waals surface area contributed by atoms with Crippen LogP contribution in [0.5, 0.6) is 0 Å². The number of aliphatic carboxylic acids is 1. The molecule has 4 amide bonds. The number of amides is 4. The number of carbonyl (C=O) groups excluding carboxylic acids is 4. The predicted octanol–water partition coefficient (Wildman–Crippen LogP) is 0.876. The summed E-state index contributed by atoms with van der Waals surface area (Å²) in [4.78, 5) is 62.6. The van der Waals surface area contributed by atoms with Crippen molar-refractivity contribution in [2.75, 3.05) is 19.6 Å². The van der Waals surface area contributed by atoms with Crippen molar-refractivity contribution in [1.29, 1.82) is 0 Å². The van der Waals surface area contributed by atoms with Gasteiger partial charge in [-0.1, -0.05) is 11.3 Å². The van der Waals surface area contributed by atoms with Crippen LogP contribution in [-0.4, -0.2) is 96.9 Å². The summed E-state index contributed by atoms with van der Waals surface area (Å²) >= 11 is 0. The molecule has 5 aliphatic heterocycles. The van der Waals surface area contributed by atoms with Crippen molar-refractivity contribution in [2.24, 2.45) is 5.92 Å². The Morgan fingerprint density at radius 3 is 2.43 bits per heavy atom. The van der Waals surface area contributed by atoms with E-state index in [4.69, 9.17) is 9.90 Å². The summed E-state index contributed by atoms with van der Waals surface area (Å²) in [5.41, 5.74) is 1.82. The first kappa shape index (κ1) is 29.2. The van der Waals surface area contributed by atoms with Crippen LogP contribution in [0.15, 0.2) is 24.4 Å². The van der Waals surface area contributed by atoms with E-state index < -0.39 is 24.1 Å². The molecule has 13 nitrogen and oxygen atoms in total. The van der Waals surface area contributed by atoms with Crippen molar-refractivity contribution in [3.05, 3.63) is 41.2 Å². The Hall–Kier alpha value is -4.34. The fourth-order valence-corrected chi connectivity index (χ4v) is 5.97. The van der Waals surface area contributed by atoms with E-state index in [2.05, 4.69) is 32.8 Å². The summed E-state index contributed by atoms with van der Waals surface area (Å²) < 4.78 is 33.2. The van der Waals surface area contributed by atoms with E-state index in [0.29, 0.717) is 30.1 Å². The van der Waals surface area contributed by atoms with Gasteiger partial charge in [0.15, 0.2) is 5.69 Å². The molecule has 0 radical (unpaired) electrons. The van der Waals surface area contributed by atoms with Gasteiger partial charge in [0.1, 0.15) is 6.04 Å². The molecule has 3 N–H and O–H groups in total. The van der Waals surface area contributed by atoms with Gasteiger partial charge in [0.2, 0.25) is 11.8 Å². The van der Waals surface area contributed by atoms with Crippen molar-refractivity contribution < 1.29 is 42.3 Å². The Kier molecular flexibility index (Phi) is 7.51. The maximum Gasteiger partial charge on any atom is 0.490 e. The molecule has 7 rings (SSSR count). The maximum absolute atomic E-state index is 13.1. The van der Waals surface area contributed by atoms with Gasteiger partial charge in [-0.3, -0.25) is 24.5 Å². The predicted molar refractivity (Wildman–Crippen MR) is 136 cm³/mol. The van der Waals surface area contributed by atoms with Crippen LogP contribution in [0.3, 0.4) is 0 Å². The van der Waals surface area contributed by atoms with Crippen LogP contribution in [0.1, 0.15) is 59.0 Å². The Bertz CT molecular complexity index is 1450. The molecule has 2 atom stereocenters. The molecule has 4 fully saturated rings. The van der Waals surface area contributed by atoms with Crippen molar-refractivity contribution in [2.45, 2.75) is 56.9 Å². The van der Waals surface area contributed by atoms with Crippen molar-refractivity contribution in [1.82, 2.24) is 35.4 Å². The number of carboxylic acid groups (broad SMARTS) is 1. The molecule has 2 unspecified atom stereocenters.